The summed E-state index contributed by atoms with van der Waals surface area (Å²) in [6, 6.07) is -7.33. The standard InChI is InChI=1S/C36H60N12O10/c1-6-40-29(51)15-41-32(54)23(10-19(2)3)46-35(57)27-8-7-9-48(27)36(58)25(11-20(4)5)44-30(52)16-42-33(55)24(13-28(38)50)45-34(56)26(17-49)47-31(53)22(37)12-21-14-39-18-43-21/h14,18-20,22-27,49H,6-13,15-17,37H2,1-5H3,(H2,38,50)(H,39,43)(H,40,51)(H,41,54)(H,42,55)(H,44,52)(H,45,56)(H,46,57)(H,47,53)/t22?,23-,24-,25?,26+,27+/m1/s1. The lowest BCUT2D eigenvalue weighted by Gasteiger charge is -2.30. The molecular weight excluding hydrogens is 760 g/mol. The first-order valence-electron chi connectivity index (χ1n) is 19.3. The van der Waals surface area contributed by atoms with Gasteiger partial charge in [-0.1, -0.05) is 27.7 Å². The van der Waals surface area contributed by atoms with Crippen LogP contribution in [0.4, 0.5) is 0 Å². The van der Waals surface area contributed by atoms with Crippen LogP contribution in [0.3, 0.4) is 0 Å². The van der Waals surface area contributed by atoms with E-state index < -0.39 is 103 Å². The van der Waals surface area contributed by atoms with Crippen LogP contribution < -0.4 is 48.7 Å². The number of hydrogen-bond donors (Lipinski definition) is 11. The number of nitrogens with zero attached hydrogens (tertiary/aromatic N) is 2. The Morgan fingerprint density at radius 3 is 1.98 bits per heavy atom. The van der Waals surface area contributed by atoms with Crippen LogP contribution in [0.25, 0.3) is 0 Å². The first kappa shape index (κ1) is 48.5. The molecule has 13 N–H and O–H groups in total. The summed E-state index contributed by atoms with van der Waals surface area (Å²) in [6.07, 6.45) is 3.41. The summed E-state index contributed by atoms with van der Waals surface area (Å²) in [7, 11) is 0. The molecular formula is C36H60N12O10. The molecule has 1 aliphatic rings. The third-order valence-corrected chi connectivity index (χ3v) is 8.92. The second-order valence-corrected chi connectivity index (χ2v) is 14.9. The van der Waals surface area contributed by atoms with Crippen molar-refractivity contribution in [1.82, 2.24) is 52.1 Å². The van der Waals surface area contributed by atoms with Crippen molar-refractivity contribution in [2.45, 2.75) is 109 Å². The van der Waals surface area contributed by atoms with E-state index in [2.05, 4.69) is 47.2 Å². The van der Waals surface area contributed by atoms with Crippen LogP contribution >= 0.6 is 0 Å². The molecule has 324 valence electrons. The molecule has 2 unspecified atom stereocenters. The minimum atomic E-state index is -1.62. The SMILES string of the molecule is CCNC(=O)CNC(=O)[C@@H](CC(C)C)NC(=O)[C@@H]1CCCN1C(=O)C(CC(C)C)NC(=O)CNC(=O)[C@@H](CC(N)=O)NC(=O)[C@H](CO)NC(=O)C(N)Cc1cnc[nH]1. The van der Waals surface area contributed by atoms with E-state index in [0.29, 0.717) is 25.1 Å². The van der Waals surface area contributed by atoms with Gasteiger partial charge in [0.1, 0.15) is 30.2 Å². The smallest absolute Gasteiger partial charge is 0.245 e. The second kappa shape index (κ2) is 24.2. The van der Waals surface area contributed by atoms with Gasteiger partial charge in [-0.05, 0) is 44.4 Å². The van der Waals surface area contributed by atoms with E-state index in [1.807, 2.05) is 27.7 Å². The van der Waals surface area contributed by atoms with Crippen molar-refractivity contribution in [3.8, 4) is 0 Å². The van der Waals surface area contributed by atoms with Crippen LogP contribution in [0.1, 0.15) is 72.4 Å². The molecule has 58 heavy (non-hydrogen) atoms. The zero-order chi connectivity index (χ0) is 43.5. The number of imidazole rings is 1. The molecule has 2 heterocycles. The van der Waals surface area contributed by atoms with E-state index in [1.165, 1.54) is 17.4 Å². The Kier molecular flexibility index (Phi) is 20.2. The summed E-state index contributed by atoms with van der Waals surface area (Å²) in [5, 5.41) is 27.1. The second-order valence-electron chi connectivity index (χ2n) is 14.9. The highest BCUT2D eigenvalue weighted by Crippen LogP contribution is 2.21. The molecule has 0 radical (unpaired) electrons. The number of aromatic nitrogens is 2. The number of aliphatic hydroxyl groups excluding tert-OH is 1. The molecule has 1 aromatic rings. The Labute approximate surface area is 336 Å². The average Bonchev–Trinajstić information content (AvgIpc) is 3.86. The Bertz CT molecular complexity index is 1590. The zero-order valence-corrected chi connectivity index (χ0v) is 33.7. The predicted molar refractivity (Wildman–Crippen MR) is 207 cm³/mol. The van der Waals surface area contributed by atoms with E-state index >= 15 is 0 Å². The van der Waals surface area contributed by atoms with Crippen LogP contribution in [0.15, 0.2) is 12.5 Å². The maximum atomic E-state index is 13.9. The third kappa shape index (κ3) is 16.5. The summed E-state index contributed by atoms with van der Waals surface area (Å²) >= 11 is 0. The molecule has 1 aliphatic heterocycles. The van der Waals surface area contributed by atoms with E-state index in [-0.39, 0.29) is 50.1 Å². The monoisotopic (exact) mass is 820 g/mol. The van der Waals surface area contributed by atoms with Crippen molar-refractivity contribution < 1.29 is 48.3 Å². The van der Waals surface area contributed by atoms with Crippen molar-refractivity contribution >= 4 is 53.2 Å². The van der Waals surface area contributed by atoms with Gasteiger partial charge in [0.05, 0.1) is 38.5 Å². The van der Waals surface area contributed by atoms with Gasteiger partial charge in [0.2, 0.25) is 53.2 Å². The number of H-pyrrole nitrogens is 1. The number of likely N-dealkylation sites (N-methyl/N-ethyl adjacent to an activating group) is 1. The van der Waals surface area contributed by atoms with Crippen molar-refractivity contribution in [1.29, 1.82) is 0 Å². The first-order chi connectivity index (χ1) is 27.4. The molecule has 22 heteroatoms. The summed E-state index contributed by atoms with van der Waals surface area (Å²) < 4.78 is 0. The molecule has 0 saturated carbocycles. The van der Waals surface area contributed by atoms with Crippen LogP contribution in [-0.2, 0) is 49.6 Å². The number of nitrogens with one attached hydrogen (secondary N) is 8. The molecule has 9 amide bonds. The molecule has 0 bridgehead atoms. The number of amides is 9. The summed E-state index contributed by atoms with van der Waals surface area (Å²) in [5.74, 6) is -6.77. The number of rotatable bonds is 24. The summed E-state index contributed by atoms with van der Waals surface area (Å²) in [6.45, 7) is 7.87. The molecule has 0 aromatic carbocycles. The van der Waals surface area contributed by atoms with Crippen LogP contribution in [-0.4, -0.2) is 142 Å². The molecule has 1 aromatic heterocycles. The van der Waals surface area contributed by atoms with Gasteiger partial charge in [0.25, 0.3) is 0 Å². The molecule has 0 spiro atoms. The molecule has 2 rings (SSSR count). The van der Waals surface area contributed by atoms with Crippen LogP contribution in [0.5, 0.6) is 0 Å². The van der Waals surface area contributed by atoms with E-state index in [1.54, 1.807) is 6.92 Å². The lowest BCUT2D eigenvalue weighted by atomic mass is 10.0. The van der Waals surface area contributed by atoms with E-state index in [0.717, 1.165) is 0 Å². The van der Waals surface area contributed by atoms with Crippen LogP contribution in [0, 0.1) is 11.8 Å². The van der Waals surface area contributed by atoms with Crippen molar-refractivity contribution in [2.75, 3.05) is 32.8 Å². The van der Waals surface area contributed by atoms with Crippen molar-refractivity contribution in [3.63, 3.8) is 0 Å². The predicted octanol–water partition coefficient (Wildman–Crippen LogP) is -4.46. The Morgan fingerprint density at radius 1 is 0.810 bits per heavy atom. The van der Waals surface area contributed by atoms with Gasteiger partial charge >= 0.3 is 0 Å². The maximum Gasteiger partial charge on any atom is 0.245 e. The number of hydrogen-bond acceptors (Lipinski definition) is 12. The molecule has 0 aliphatic carbocycles. The van der Waals surface area contributed by atoms with Gasteiger partial charge in [-0.2, -0.15) is 0 Å². The lowest BCUT2D eigenvalue weighted by molar-refractivity contribution is -0.142. The Balaban J connectivity index is 2.07. The quantitative estimate of drug-likeness (QED) is 0.0471. The Hall–Kier alpha value is -5.64. The number of carbonyl (C=O) groups excluding carboxylic acids is 9. The highest BCUT2D eigenvalue weighted by Gasteiger charge is 2.39. The molecule has 1 saturated heterocycles. The highest BCUT2D eigenvalue weighted by molar-refractivity contribution is 5.98. The fourth-order valence-electron chi connectivity index (χ4n) is 6.13. The van der Waals surface area contributed by atoms with E-state index in [9.17, 15) is 48.3 Å². The number of primary amides is 1. The number of nitrogens with two attached hydrogens (primary N) is 2. The number of likely N-dealkylation sites (tertiary alicyclic amines) is 1. The van der Waals surface area contributed by atoms with Gasteiger partial charge in [-0.15, -0.1) is 0 Å². The minimum Gasteiger partial charge on any atom is -0.394 e. The normalized spacial score (nSPS) is 16.3. The van der Waals surface area contributed by atoms with Gasteiger partial charge in [0.15, 0.2) is 0 Å². The Morgan fingerprint density at radius 2 is 1.41 bits per heavy atom. The number of aromatic amines is 1. The average molecular weight is 821 g/mol. The van der Waals surface area contributed by atoms with Crippen molar-refractivity contribution in [2.24, 2.45) is 23.3 Å². The number of carbonyl (C=O) groups is 9. The molecule has 6 atom stereocenters. The van der Waals surface area contributed by atoms with E-state index in [4.69, 9.17) is 11.5 Å². The fraction of sp³-hybridized carbons (Fsp3) is 0.667. The largest absolute Gasteiger partial charge is 0.394 e. The summed E-state index contributed by atoms with van der Waals surface area (Å²) in [4.78, 5) is 124. The zero-order valence-electron chi connectivity index (χ0n) is 33.7. The maximum absolute atomic E-state index is 13.9. The highest BCUT2D eigenvalue weighted by atomic mass is 16.3. The topological polar surface area (TPSA) is 342 Å². The van der Waals surface area contributed by atoms with Crippen molar-refractivity contribution in [3.05, 3.63) is 18.2 Å². The van der Waals surface area contributed by atoms with Gasteiger partial charge < -0.3 is 63.7 Å². The van der Waals surface area contributed by atoms with Gasteiger partial charge in [-0.3, -0.25) is 43.2 Å². The first-order valence-corrected chi connectivity index (χ1v) is 19.3. The number of aliphatic hydroxyl groups is 1. The molecule has 22 nitrogen and oxygen atoms in total. The molecule has 1 fully saturated rings. The van der Waals surface area contributed by atoms with Gasteiger partial charge in [-0.25, -0.2) is 4.98 Å². The third-order valence-electron chi connectivity index (χ3n) is 8.92. The van der Waals surface area contributed by atoms with Crippen LogP contribution in [0.2, 0.25) is 0 Å². The van der Waals surface area contributed by atoms with Gasteiger partial charge in [0, 0.05) is 31.4 Å². The fourth-order valence-corrected chi connectivity index (χ4v) is 6.13. The summed E-state index contributed by atoms with van der Waals surface area (Å²) in [5.41, 5.74) is 11.7. The minimum absolute atomic E-state index is 0.00339. The lowest BCUT2D eigenvalue weighted by Crippen LogP contribution is -2.59.